The van der Waals surface area contributed by atoms with Crippen LogP contribution in [0.15, 0.2) is 12.1 Å². The number of nitrogens with zero attached hydrogens (tertiary/aromatic N) is 1. The number of hydrogen-bond donors (Lipinski definition) is 0. The van der Waals surface area contributed by atoms with E-state index in [4.69, 9.17) is 14.2 Å². The number of nitro benzene ring substituents is 1. The number of fused-ring (bicyclic) bond motifs is 1. The van der Waals surface area contributed by atoms with E-state index in [-0.39, 0.29) is 11.4 Å². The molecule has 0 aliphatic carbocycles. The predicted molar refractivity (Wildman–Crippen MR) is 50.6 cm³/mol. The molecule has 0 unspecified atom stereocenters. The molecule has 6 nitrogen and oxygen atoms in total. The van der Waals surface area contributed by atoms with Crippen LogP contribution in [0.4, 0.5) is 5.69 Å². The average molecular weight is 211 g/mol. The van der Waals surface area contributed by atoms with Gasteiger partial charge in [0.2, 0.25) is 11.5 Å². The molecule has 1 aromatic carbocycles. The molecule has 1 aliphatic heterocycles. The maximum atomic E-state index is 10.7. The molecule has 0 aromatic heterocycles. The van der Waals surface area contributed by atoms with Crippen molar-refractivity contribution in [2.45, 2.75) is 0 Å². The largest absolute Gasteiger partial charge is 0.487 e. The number of rotatable bonds is 2. The summed E-state index contributed by atoms with van der Waals surface area (Å²) in [6, 6.07) is 2.85. The molecular formula is C9H9NO5. The third-order valence-corrected chi connectivity index (χ3v) is 2.04. The Morgan fingerprint density at radius 3 is 2.80 bits per heavy atom. The minimum absolute atomic E-state index is 0.109. The summed E-state index contributed by atoms with van der Waals surface area (Å²) in [6.45, 7) is 0.804. The lowest BCUT2D eigenvalue weighted by atomic mass is 10.2. The summed E-state index contributed by atoms with van der Waals surface area (Å²) in [6.07, 6.45) is 0. The van der Waals surface area contributed by atoms with Crippen molar-refractivity contribution in [3.05, 3.63) is 22.2 Å². The van der Waals surface area contributed by atoms with Crippen LogP contribution in [0.2, 0.25) is 0 Å². The zero-order chi connectivity index (χ0) is 10.8. The average Bonchev–Trinajstić information content (AvgIpc) is 2.27. The van der Waals surface area contributed by atoms with Crippen LogP contribution >= 0.6 is 0 Å². The Kier molecular flexibility index (Phi) is 2.32. The molecule has 0 atom stereocenters. The summed E-state index contributed by atoms with van der Waals surface area (Å²) in [5.74, 6) is 0.888. The van der Waals surface area contributed by atoms with E-state index in [1.807, 2.05) is 0 Å². The van der Waals surface area contributed by atoms with Gasteiger partial charge in [0.25, 0.3) is 0 Å². The van der Waals surface area contributed by atoms with Gasteiger partial charge in [-0.15, -0.1) is 0 Å². The van der Waals surface area contributed by atoms with Crippen LogP contribution in [0.25, 0.3) is 0 Å². The van der Waals surface area contributed by atoms with Gasteiger partial charge >= 0.3 is 5.69 Å². The molecule has 6 heteroatoms. The lowest BCUT2D eigenvalue weighted by molar-refractivity contribution is -0.385. The summed E-state index contributed by atoms with van der Waals surface area (Å²) >= 11 is 0. The quantitative estimate of drug-likeness (QED) is 0.545. The van der Waals surface area contributed by atoms with Crippen molar-refractivity contribution >= 4 is 5.69 Å². The molecule has 0 N–H and O–H groups in total. The van der Waals surface area contributed by atoms with Crippen molar-refractivity contribution in [1.82, 2.24) is 0 Å². The summed E-state index contributed by atoms with van der Waals surface area (Å²) in [5.41, 5.74) is -0.123. The van der Waals surface area contributed by atoms with Gasteiger partial charge < -0.3 is 14.2 Å². The fraction of sp³-hybridized carbons (Fsp3) is 0.333. The van der Waals surface area contributed by atoms with Crippen molar-refractivity contribution in [2.75, 3.05) is 20.3 Å². The number of benzene rings is 1. The zero-order valence-corrected chi connectivity index (χ0v) is 8.06. The van der Waals surface area contributed by atoms with E-state index < -0.39 is 4.92 Å². The van der Waals surface area contributed by atoms with Crippen LogP contribution < -0.4 is 14.2 Å². The molecule has 1 aromatic rings. The van der Waals surface area contributed by atoms with Crippen molar-refractivity contribution in [3.8, 4) is 17.2 Å². The lowest BCUT2D eigenvalue weighted by Crippen LogP contribution is -2.16. The third-order valence-electron chi connectivity index (χ3n) is 2.04. The highest BCUT2D eigenvalue weighted by molar-refractivity contribution is 5.62. The van der Waals surface area contributed by atoms with Gasteiger partial charge in [-0.3, -0.25) is 10.1 Å². The Hall–Kier alpha value is -1.98. The van der Waals surface area contributed by atoms with Crippen molar-refractivity contribution in [2.24, 2.45) is 0 Å². The van der Waals surface area contributed by atoms with Crippen LogP contribution in [0.1, 0.15) is 0 Å². The molecule has 0 radical (unpaired) electrons. The molecule has 0 fully saturated rings. The number of hydrogen-bond acceptors (Lipinski definition) is 5. The normalized spacial score (nSPS) is 13.4. The minimum Gasteiger partial charge on any atom is -0.487 e. The maximum Gasteiger partial charge on any atom is 0.315 e. The first-order chi connectivity index (χ1) is 7.24. The molecule has 0 spiro atoms. The second-order valence-electron chi connectivity index (χ2n) is 2.90. The van der Waals surface area contributed by atoms with Crippen molar-refractivity contribution in [1.29, 1.82) is 0 Å². The summed E-state index contributed by atoms with van der Waals surface area (Å²) < 4.78 is 15.5. The highest BCUT2D eigenvalue weighted by Gasteiger charge is 2.25. The molecule has 0 amide bonds. The molecule has 0 saturated carbocycles. The minimum atomic E-state index is -0.517. The van der Waals surface area contributed by atoms with E-state index in [0.717, 1.165) is 0 Å². The number of ether oxygens (including phenoxy) is 3. The Bertz CT molecular complexity index is 404. The predicted octanol–water partition coefficient (Wildman–Crippen LogP) is 1.37. The fourth-order valence-corrected chi connectivity index (χ4v) is 1.42. The number of methoxy groups -OCH3 is 1. The van der Waals surface area contributed by atoms with E-state index >= 15 is 0 Å². The van der Waals surface area contributed by atoms with Crippen LogP contribution in [0, 0.1) is 10.1 Å². The number of nitro groups is 1. The molecule has 0 saturated heterocycles. The monoisotopic (exact) mass is 211 g/mol. The van der Waals surface area contributed by atoms with E-state index in [1.54, 1.807) is 0 Å². The smallest absolute Gasteiger partial charge is 0.315 e. The highest BCUT2D eigenvalue weighted by Crippen LogP contribution is 2.44. The maximum absolute atomic E-state index is 10.7. The lowest BCUT2D eigenvalue weighted by Gasteiger charge is -2.19. The van der Waals surface area contributed by atoms with Crippen molar-refractivity contribution < 1.29 is 19.1 Å². The Morgan fingerprint density at radius 2 is 2.13 bits per heavy atom. The second kappa shape index (κ2) is 3.64. The van der Waals surface area contributed by atoms with Gasteiger partial charge in [-0.1, -0.05) is 0 Å². The topological polar surface area (TPSA) is 70.8 Å². The van der Waals surface area contributed by atoms with Gasteiger partial charge in [-0.05, 0) is 6.07 Å². The van der Waals surface area contributed by atoms with Gasteiger partial charge in [0.05, 0.1) is 12.0 Å². The van der Waals surface area contributed by atoms with E-state index in [9.17, 15) is 10.1 Å². The second-order valence-corrected chi connectivity index (χ2v) is 2.90. The van der Waals surface area contributed by atoms with Crippen LogP contribution in [-0.4, -0.2) is 25.2 Å². The van der Waals surface area contributed by atoms with Crippen molar-refractivity contribution in [3.63, 3.8) is 0 Å². The van der Waals surface area contributed by atoms with E-state index in [2.05, 4.69) is 0 Å². The standard InChI is InChI=1S/C9H9NO5/c1-13-8-6(10(11)12)2-3-7-9(8)15-5-4-14-7/h2-3H,4-5H2,1H3. The van der Waals surface area contributed by atoms with Gasteiger partial charge in [0.15, 0.2) is 5.75 Å². The van der Waals surface area contributed by atoms with Gasteiger partial charge in [-0.25, -0.2) is 0 Å². The summed E-state index contributed by atoms with van der Waals surface area (Å²) in [7, 11) is 1.36. The molecular weight excluding hydrogens is 202 g/mol. The summed E-state index contributed by atoms with van der Waals surface area (Å²) in [5, 5.41) is 10.7. The Balaban J connectivity index is 2.56. The third kappa shape index (κ3) is 1.54. The van der Waals surface area contributed by atoms with Gasteiger partial charge in [-0.2, -0.15) is 0 Å². The van der Waals surface area contributed by atoms with Crippen LogP contribution in [0.5, 0.6) is 17.2 Å². The van der Waals surface area contributed by atoms with Gasteiger partial charge in [0.1, 0.15) is 13.2 Å². The fourth-order valence-electron chi connectivity index (χ4n) is 1.42. The molecule has 15 heavy (non-hydrogen) atoms. The van der Waals surface area contributed by atoms with E-state index in [1.165, 1.54) is 19.2 Å². The highest BCUT2D eigenvalue weighted by atomic mass is 16.6. The molecule has 1 heterocycles. The first-order valence-corrected chi connectivity index (χ1v) is 4.35. The first-order valence-electron chi connectivity index (χ1n) is 4.35. The Morgan fingerprint density at radius 1 is 1.40 bits per heavy atom. The molecule has 1 aliphatic rings. The first kappa shape index (κ1) is 9.57. The van der Waals surface area contributed by atoms with E-state index in [0.29, 0.717) is 24.7 Å². The molecule has 80 valence electrons. The van der Waals surface area contributed by atoms with Crippen LogP contribution in [-0.2, 0) is 0 Å². The van der Waals surface area contributed by atoms with Crippen LogP contribution in [0.3, 0.4) is 0 Å². The summed E-state index contributed by atoms with van der Waals surface area (Å²) in [4.78, 5) is 10.2. The molecule has 2 rings (SSSR count). The zero-order valence-electron chi connectivity index (χ0n) is 8.06. The SMILES string of the molecule is COc1c([N+](=O)[O-])ccc2c1OCCO2. The molecule has 0 bridgehead atoms. The van der Waals surface area contributed by atoms with Gasteiger partial charge in [0, 0.05) is 6.07 Å². The Labute approximate surface area is 85.5 Å².